The minimum Gasteiger partial charge on any atom is -0.329 e. The summed E-state index contributed by atoms with van der Waals surface area (Å²) < 4.78 is 26.3. The van der Waals surface area contributed by atoms with Gasteiger partial charge in [0.1, 0.15) is 0 Å². The number of hydrogen-bond donors (Lipinski definition) is 2. The number of rotatable bonds is 5. The van der Waals surface area contributed by atoms with Crippen LogP contribution in [0.4, 0.5) is 0 Å². The highest BCUT2D eigenvalue weighted by Gasteiger charge is 2.21. The Morgan fingerprint density at radius 2 is 1.76 bits per heavy atom. The minimum absolute atomic E-state index is 0.121. The lowest BCUT2D eigenvalue weighted by atomic mass is 10.1. The molecular weight excluding hydrogens is 236 g/mol. The quantitative estimate of drug-likeness (QED) is 0.834. The van der Waals surface area contributed by atoms with Gasteiger partial charge in [-0.05, 0) is 26.3 Å². The number of nitrogens with one attached hydrogen (secondary N) is 1. The summed E-state index contributed by atoms with van der Waals surface area (Å²) in [5.74, 6) is 0. The van der Waals surface area contributed by atoms with Crippen molar-refractivity contribution in [2.45, 2.75) is 32.1 Å². The monoisotopic (exact) mass is 256 g/mol. The van der Waals surface area contributed by atoms with Crippen LogP contribution in [0.25, 0.3) is 0 Å². The van der Waals surface area contributed by atoms with Gasteiger partial charge in [-0.15, -0.1) is 0 Å². The summed E-state index contributed by atoms with van der Waals surface area (Å²) in [5.41, 5.74) is 7.47. The fourth-order valence-corrected chi connectivity index (χ4v) is 2.53. The maximum absolute atomic E-state index is 11.8. The van der Waals surface area contributed by atoms with Crippen LogP contribution in [0.3, 0.4) is 0 Å². The Labute approximate surface area is 103 Å². The van der Waals surface area contributed by atoms with Crippen LogP contribution in [-0.2, 0) is 10.0 Å². The molecule has 0 aliphatic rings. The van der Waals surface area contributed by atoms with Gasteiger partial charge in [0, 0.05) is 12.6 Å². The van der Waals surface area contributed by atoms with Gasteiger partial charge in [0.25, 0.3) is 0 Å². The van der Waals surface area contributed by atoms with Crippen molar-refractivity contribution in [2.24, 2.45) is 5.73 Å². The largest absolute Gasteiger partial charge is 0.329 e. The predicted octanol–water partition coefficient (Wildman–Crippen LogP) is 1.32. The lowest BCUT2D eigenvalue weighted by molar-refractivity contribution is 0.555. The zero-order chi connectivity index (χ0) is 13.1. The van der Waals surface area contributed by atoms with Crippen LogP contribution in [0.1, 0.15) is 31.0 Å². The highest BCUT2D eigenvalue weighted by molar-refractivity contribution is 7.90. The number of benzene rings is 1. The molecule has 0 fully saturated rings. The van der Waals surface area contributed by atoms with E-state index in [1.165, 1.54) is 0 Å². The highest BCUT2D eigenvalue weighted by Crippen LogP contribution is 2.15. The van der Waals surface area contributed by atoms with E-state index in [9.17, 15) is 8.42 Å². The molecule has 17 heavy (non-hydrogen) atoms. The van der Waals surface area contributed by atoms with E-state index in [1.807, 2.05) is 38.1 Å². The van der Waals surface area contributed by atoms with Crippen molar-refractivity contribution >= 4 is 10.0 Å². The van der Waals surface area contributed by atoms with Crippen molar-refractivity contribution in [2.75, 3.05) is 6.54 Å². The lowest BCUT2D eigenvalue weighted by Gasteiger charge is -2.18. The topological polar surface area (TPSA) is 72.2 Å². The first-order valence-corrected chi connectivity index (χ1v) is 7.19. The Hall–Kier alpha value is -0.910. The van der Waals surface area contributed by atoms with E-state index >= 15 is 0 Å². The molecule has 3 N–H and O–H groups in total. The third-order valence-corrected chi connectivity index (χ3v) is 4.71. The van der Waals surface area contributed by atoms with Gasteiger partial charge in [-0.2, -0.15) is 0 Å². The predicted molar refractivity (Wildman–Crippen MR) is 70.2 cm³/mol. The molecule has 0 saturated heterocycles. The molecule has 0 aliphatic heterocycles. The minimum atomic E-state index is -3.34. The van der Waals surface area contributed by atoms with Crippen LogP contribution in [0, 0.1) is 6.92 Å². The maximum atomic E-state index is 11.8. The van der Waals surface area contributed by atoms with Gasteiger partial charge in [-0.3, -0.25) is 0 Å². The van der Waals surface area contributed by atoms with Crippen molar-refractivity contribution in [3.8, 4) is 0 Å². The normalized spacial score (nSPS) is 15.5. The molecule has 0 spiro atoms. The average molecular weight is 256 g/mol. The van der Waals surface area contributed by atoms with Crippen LogP contribution >= 0.6 is 0 Å². The van der Waals surface area contributed by atoms with Crippen LogP contribution in [0.2, 0.25) is 0 Å². The molecule has 0 aliphatic carbocycles. The molecule has 5 heteroatoms. The van der Waals surface area contributed by atoms with Gasteiger partial charge < -0.3 is 5.73 Å². The summed E-state index contributed by atoms with van der Waals surface area (Å²) in [6.45, 7) is 5.54. The standard InChI is InChI=1S/C12H20N2O2S/c1-9-4-6-12(7-5-9)11(3)14-17(15,16)10(2)8-13/h4-7,10-11,14H,8,13H2,1-3H3. The van der Waals surface area contributed by atoms with Gasteiger partial charge >= 0.3 is 0 Å². The Balaban J connectivity index is 2.79. The summed E-state index contributed by atoms with van der Waals surface area (Å²) >= 11 is 0. The van der Waals surface area contributed by atoms with Crippen molar-refractivity contribution in [3.63, 3.8) is 0 Å². The molecule has 0 amide bonds. The molecule has 0 heterocycles. The van der Waals surface area contributed by atoms with Gasteiger partial charge in [0.15, 0.2) is 0 Å². The molecule has 96 valence electrons. The fraction of sp³-hybridized carbons (Fsp3) is 0.500. The van der Waals surface area contributed by atoms with Crippen LogP contribution in [-0.4, -0.2) is 20.2 Å². The Morgan fingerprint density at radius 1 is 1.24 bits per heavy atom. The number of sulfonamides is 1. The first-order valence-electron chi connectivity index (χ1n) is 5.64. The average Bonchev–Trinajstić information content (AvgIpc) is 2.28. The molecule has 0 saturated carbocycles. The van der Waals surface area contributed by atoms with E-state index in [0.717, 1.165) is 11.1 Å². The first-order chi connectivity index (χ1) is 7.86. The van der Waals surface area contributed by atoms with Gasteiger partial charge in [0.2, 0.25) is 10.0 Å². The second kappa shape index (κ2) is 5.62. The lowest BCUT2D eigenvalue weighted by Crippen LogP contribution is -2.38. The third-order valence-electron chi connectivity index (χ3n) is 2.78. The van der Waals surface area contributed by atoms with Crippen molar-refractivity contribution in [1.82, 2.24) is 4.72 Å². The molecule has 2 unspecified atom stereocenters. The number of hydrogen-bond acceptors (Lipinski definition) is 3. The third kappa shape index (κ3) is 3.80. The maximum Gasteiger partial charge on any atom is 0.216 e. The molecule has 2 atom stereocenters. The van der Waals surface area contributed by atoms with E-state index in [0.29, 0.717) is 0 Å². The molecule has 0 aromatic heterocycles. The highest BCUT2D eigenvalue weighted by atomic mass is 32.2. The smallest absolute Gasteiger partial charge is 0.216 e. The summed E-state index contributed by atoms with van der Waals surface area (Å²) in [5, 5.41) is -0.574. The van der Waals surface area contributed by atoms with Crippen molar-refractivity contribution in [3.05, 3.63) is 35.4 Å². The second-order valence-electron chi connectivity index (χ2n) is 4.34. The fourth-order valence-electron chi connectivity index (χ4n) is 1.41. The van der Waals surface area contributed by atoms with E-state index in [2.05, 4.69) is 4.72 Å². The summed E-state index contributed by atoms with van der Waals surface area (Å²) in [4.78, 5) is 0. The van der Waals surface area contributed by atoms with Crippen LogP contribution in [0.5, 0.6) is 0 Å². The summed E-state index contributed by atoms with van der Waals surface area (Å²) in [6, 6.07) is 7.54. The van der Waals surface area contributed by atoms with Gasteiger partial charge in [0.05, 0.1) is 5.25 Å². The van der Waals surface area contributed by atoms with E-state index < -0.39 is 15.3 Å². The van der Waals surface area contributed by atoms with Gasteiger partial charge in [-0.25, -0.2) is 13.1 Å². The Bertz CT molecular complexity index is 454. The first kappa shape index (κ1) is 14.2. The molecule has 0 bridgehead atoms. The van der Waals surface area contributed by atoms with Gasteiger partial charge in [-0.1, -0.05) is 29.8 Å². The van der Waals surface area contributed by atoms with Crippen molar-refractivity contribution < 1.29 is 8.42 Å². The molecule has 4 nitrogen and oxygen atoms in total. The zero-order valence-electron chi connectivity index (χ0n) is 10.5. The zero-order valence-corrected chi connectivity index (χ0v) is 11.3. The van der Waals surface area contributed by atoms with Crippen LogP contribution < -0.4 is 10.5 Å². The molecule has 0 radical (unpaired) electrons. The van der Waals surface area contributed by atoms with Crippen LogP contribution in [0.15, 0.2) is 24.3 Å². The second-order valence-corrected chi connectivity index (χ2v) is 6.47. The van der Waals surface area contributed by atoms with Crippen molar-refractivity contribution in [1.29, 1.82) is 0 Å². The Kier molecular flexibility index (Phi) is 4.68. The van der Waals surface area contributed by atoms with E-state index in [-0.39, 0.29) is 12.6 Å². The molecule has 1 rings (SSSR count). The van der Waals surface area contributed by atoms with E-state index in [4.69, 9.17) is 5.73 Å². The SMILES string of the molecule is Cc1ccc(C(C)NS(=O)(=O)C(C)CN)cc1. The molecular formula is C12H20N2O2S. The molecule has 1 aromatic carbocycles. The number of nitrogens with two attached hydrogens (primary N) is 1. The number of aryl methyl sites for hydroxylation is 1. The summed E-state index contributed by atoms with van der Waals surface area (Å²) in [7, 11) is -3.34. The van der Waals surface area contributed by atoms with E-state index in [1.54, 1.807) is 6.92 Å². The summed E-state index contributed by atoms with van der Waals surface area (Å²) in [6.07, 6.45) is 0. The Morgan fingerprint density at radius 3 is 2.24 bits per heavy atom. The molecule has 1 aromatic rings.